The third-order valence-corrected chi connectivity index (χ3v) is 4.47. The van der Waals surface area contributed by atoms with Gasteiger partial charge in [0.2, 0.25) is 0 Å². The summed E-state index contributed by atoms with van der Waals surface area (Å²) in [7, 11) is 0. The van der Waals surface area contributed by atoms with E-state index in [0.717, 1.165) is 24.6 Å². The second kappa shape index (κ2) is 5.15. The summed E-state index contributed by atoms with van der Waals surface area (Å²) < 4.78 is 0. The normalized spacial score (nSPS) is 18.9. The molecule has 1 aromatic heterocycles. The van der Waals surface area contributed by atoms with Gasteiger partial charge in [0.15, 0.2) is 5.13 Å². The number of nitrogens with one attached hydrogen (secondary N) is 1. The van der Waals surface area contributed by atoms with Gasteiger partial charge >= 0.3 is 0 Å². The topological polar surface area (TPSA) is 50.9 Å². The van der Waals surface area contributed by atoms with E-state index in [0.29, 0.717) is 5.41 Å². The van der Waals surface area contributed by atoms with E-state index >= 15 is 0 Å². The van der Waals surface area contributed by atoms with Crippen molar-refractivity contribution in [3.63, 3.8) is 0 Å². The summed E-state index contributed by atoms with van der Waals surface area (Å²) in [6.07, 6.45) is 6.21. The van der Waals surface area contributed by atoms with E-state index in [1.807, 2.05) is 0 Å². The molecule has 0 amide bonds. The number of thiazole rings is 1. The largest absolute Gasteiger partial charge is 0.361 e. The number of hydrogen-bond donors (Lipinski definition) is 2. The molecule has 0 bridgehead atoms. The molecule has 0 saturated heterocycles. The second-order valence-corrected chi connectivity index (χ2v) is 5.62. The maximum Gasteiger partial charge on any atom is 0.182 e. The minimum atomic E-state index is 0.331. The molecule has 0 spiro atoms. The molecule has 1 saturated carbocycles. The summed E-state index contributed by atoms with van der Waals surface area (Å²) in [5.41, 5.74) is 7.42. The van der Waals surface area contributed by atoms with Crippen LogP contribution in [0.3, 0.4) is 0 Å². The number of nitrogens with two attached hydrogens (primary N) is 1. The van der Waals surface area contributed by atoms with Crippen molar-refractivity contribution in [2.75, 3.05) is 18.4 Å². The van der Waals surface area contributed by atoms with Crippen LogP contribution in [0.2, 0.25) is 0 Å². The first-order chi connectivity index (χ1) is 7.78. The highest BCUT2D eigenvalue weighted by atomic mass is 32.1. The van der Waals surface area contributed by atoms with Crippen LogP contribution in [-0.4, -0.2) is 18.1 Å². The van der Waals surface area contributed by atoms with Crippen LogP contribution in [0, 0.1) is 5.41 Å². The molecule has 3 nitrogen and oxygen atoms in total. The Kier molecular flexibility index (Phi) is 3.82. The SMILES string of the molecule is CCc1csc(NCC2(CN)CCCC2)n1. The van der Waals surface area contributed by atoms with Crippen molar-refractivity contribution in [1.82, 2.24) is 4.98 Å². The van der Waals surface area contributed by atoms with Gasteiger partial charge in [-0.25, -0.2) is 4.98 Å². The van der Waals surface area contributed by atoms with E-state index in [-0.39, 0.29) is 0 Å². The predicted octanol–water partition coefficient (Wildman–Crippen LogP) is 2.64. The number of anilines is 1. The van der Waals surface area contributed by atoms with Crippen molar-refractivity contribution in [3.8, 4) is 0 Å². The molecule has 1 fully saturated rings. The molecule has 0 aromatic carbocycles. The number of nitrogens with zero attached hydrogens (tertiary/aromatic N) is 1. The Balaban J connectivity index is 1.90. The van der Waals surface area contributed by atoms with Crippen LogP contribution in [-0.2, 0) is 6.42 Å². The van der Waals surface area contributed by atoms with Gasteiger partial charge in [-0.3, -0.25) is 0 Å². The van der Waals surface area contributed by atoms with Gasteiger partial charge in [-0.15, -0.1) is 11.3 Å². The van der Waals surface area contributed by atoms with E-state index in [4.69, 9.17) is 5.73 Å². The van der Waals surface area contributed by atoms with Gasteiger partial charge in [0, 0.05) is 11.9 Å². The van der Waals surface area contributed by atoms with Gasteiger partial charge in [0.05, 0.1) is 5.69 Å². The number of aromatic nitrogens is 1. The van der Waals surface area contributed by atoms with E-state index in [9.17, 15) is 0 Å². The fourth-order valence-corrected chi connectivity index (χ4v) is 3.18. The zero-order valence-corrected chi connectivity index (χ0v) is 10.8. The summed E-state index contributed by atoms with van der Waals surface area (Å²) in [6.45, 7) is 3.92. The van der Waals surface area contributed by atoms with Crippen LogP contribution in [0.4, 0.5) is 5.13 Å². The predicted molar refractivity (Wildman–Crippen MR) is 69.9 cm³/mol. The molecular weight excluding hydrogens is 218 g/mol. The molecule has 2 rings (SSSR count). The minimum Gasteiger partial charge on any atom is -0.361 e. The van der Waals surface area contributed by atoms with Crippen molar-refractivity contribution < 1.29 is 0 Å². The molecule has 1 aromatic rings. The first kappa shape index (κ1) is 11.9. The number of aryl methyl sites for hydroxylation is 1. The fraction of sp³-hybridized carbons (Fsp3) is 0.750. The summed E-state index contributed by atoms with van der Waals surface area (Å²) >= 11 is 1.70. The molecular formula is C12H21N3S. The lowest BCUT2D eigenvalue weighted by molar-refractivity contribution is 0.332. The Morgan fingerprint density at radius 2 is 2.25 bits per heavy atom. The smallest absolute Gasteiger partial charge is 0.182 e. The van der Waals surface area contributed by atoms with Gasteiger partial charge in [-0.05, 0) is 31.2 Å². The molecule has 3 N–H and O–H groups in total. The van der Waals surface area contributed by atoms with Crippen molar-refractivity contribution in [2.45, 2.75) is 39.0 Å². The van der Waals surface area contributed by atoms with E-state index in [2.05, 4.69) is 22.6 Å². The Morgan fingerprint density at radius 1 is 1.50 bits per heavy atom. The van der Waals surface area contributed by atoms with Crippen LogP contribution < -0.4 is 11.1 Å². The van der Waals surface area contributed by atoms with Crippen molar-refractivity contribution in [2.24, 2.45) is 11.1 Å². The molecule has 16 heavy (non-hydrogen) atoms. The van der Waals surface area contributed by atoms with Gasteiger partial charge in [-0.1, -0.05) is 19.8 Å². The second-order valence-electron chi connectivity index (χ2n) is 4.76. The third kappa shape index (κ3) is 2.55. The maximum absolute atomic E-state index is 5.91. The molecule has 0 aliphatic heterocycles. The summed E-state index contributed by atoms with van der Waals surface area (Å²) in [5, 5.41) is 6.64. The van der Waals surface area contributed by atoms with Crippen LogP contribution >= 0.6 is 11.3 Å². The summed E-state index contributed by atoms with van der Waals surface area (Å²) in [5.74, 6) is 0. The highest BCUT2D eigenvalue weighted by Crippen LogP contribution is 2.37. The lowest BCUT2D eigenvalue weighted by atomic mass is 9.86. The fourth-order valence-electron chi connectivity index (χ4n) is 2.39. The van der Waals surface area contributed by atoms with Gasteiger partial charge in [0.25, 0.3) is 0 Å². The highest BCUT2D eigenvalue weighted by molar-refractivity contribution is 7.13. The standard InChI is InChI=1S/C12H21N3S/c1-2-10-7-16-11(15-10)14-9-12(8-13)5-3-4-6-12/h7H,2-6,8-9,13H2,1H3,(H,14,15). The Labute approximate surface area is 101 Å². The van der Waals surface area contributed by atoms with E-state index < -0.39 is 0 Å². The minimum absolute atomic E-state index is 0.331. The molecule has 0 radical (unpaired) electrons. The lowest BCUT2D eigenvalue weighted by Crippen LogP contribution is -2.34. The molecule has 0 unspecified atom stereocenters. The first-order valence-corrected chi connectivity index (χ1v) is 7.04. The quantitative estimate of drug-likeness (QED) is 0.830. The van der Waals surface area contributed by atoms with E-state index in [1.165, 1.54) is 31.4 Å². The Hall–Kier alpha value is -0.610. The summed E-state index contributed by atoms with van der Waals surface area (Å²) in [6, 6.07) is 0. The molecule has 0 atom stereocenters. The number of rotatable bonds is 5. The van der Waals surface area contributed by atoms with Crippen molar-refractivity contribution >= 4 is 16.5 Å². The zero-order valence-electron chi connectivity index (χ0n) is 9.96. The van der Waals surface area contributed by atoms with Gasteiger partial charge < -0.3 is 11.1 Å². The van der Waals surface area contributed by atoms with Crippen molar-refractivity contribution in [3.05, 3.63) is 11.1 Å². The Bertz CT molecular complexity index is 329. The van der Waals surface area contributed by atoms with Gasteiger partial charge in [-0.2, -0.15) is 0 Å². The van der Waals surface area contributed by atoms with Gasteiger partial charge in [0.1, 0.15) is 0 Å². The molecule has 4 heteroatoms. The zero-order chi connectivity index (χ0) is 11.4. The number of hydrogen-bond acceptors (Lipinski definition) is 4. The van der Waals surface area contributed by atoms with Crippen LogP contribution in [0.1, 0.15) is 38.3 Å². The van der Waals surface area contributed by atoms with Crippen LogP contribution in [0.5, 0.6) is 0 Å². The summed E-state index contributed by atoms with van der Waals surface area (Å²) in [4.78, 5) is 4.52. The highest BCUT2D eigenvalue weighted by Gasteiger charge is 2.32. The average Bonchev–Trinajstić information content (AvgIpc) is 2.96. The third-order valence-electron chi connectivity index (χ3n) is 3.63. The molecule has 1 aliphatic carbocycles. The average molecular weight is 239 g/mol. The van der Waals surface area contributed by atoms with Crippen molar-refractivity contribution in [1.29, 1.82) is 0 Å². The van der Waals surface area contributed by atoms with E-state index in [1.54, 1.807) is 11.3 Å². The first-order valence-electron chi connectivity index (χ1n) is 6.16. The molecule has 1 aliphatic rings. The van der Waals surface area contributed by atoms with Crippen LogP contribution in [0.25, 0.3) is 0 Å². The van der Waals surface area contributed by atoms with Crippen LogP contribution in [0.15, 0.2) is 5.38 Å². The maximum atomic E-state index is 5.91. The monoisotopic (exact) mass is 239 g/mol. The molecule has 90 valence electrons. The molecule has 1 heterocycles. The Morgan fingerprint density at radius 3 is 2.81 bits per heavy atom. The lowest BCUT2D eigenvalue weighted by Gasteiger charge is -2.27.